The molecule has 0 spiro atoms. The summed E-state index contributed by atoms with van der Waals surface area (Å²) in [6.07, 6.45) is 1.90. The lowest BCUT2D eigenvalue weighted by molar-refractivity contribution is -0.134. The minimum Gasteiger partial charge on any atom is -0.339 e. The number of benzene rings is 1. The second-order valence-corrected chi connectivity index (χ2v) is 8.55. The summed E-state index contributed by atoms with van der Waals surface area (Å²) in [5.74, 6) is 0.108. The lowest BCUT2D eigenvalue weighted by Crippen LogP contribution is -2.54. The van der Waals surface area contributed by atoms with Crippen molar-refractivity contribution in [1.29, 1.82) is 0 Å². The maximum Gasteiger partial charge on any atom is 0.243 e. The maximum absolute atomic E-state index is 12.9. The van der Waals surface area contributed by atoms with Crippen LogP contribution in [-0.2, 0) is 14.8 Å². The Balaban J connectivity index is 0.00000225. The predicted molar refractivity (Wildman–Crippen MR) is 99.5 cm³/mol. The molecule has 1 aromatic carbocycles. The molecule has 0 bridgehead atoms. The third-order valence-electron chi connectivity index (χ3n) is 4.87. The molecule has 1 unspecified atom stereocenters. The number of carbonyl (C=O) groups excluding carboxylic acids is 1. The summed E-state index contributed by atoms with van der Waals surface area (Å²) in [6, 6.07) is 5.39. The lowest BCUT2D eigenvalue weighted by atomic mass is 10.2. The van der Waals surface area contributed by atoms with Crippen LogP contribution >= 0.6 is 12.4 Å². The molecule has 0 saturated carbocycles. The van der Waals surface area contributed by atoms with Gasteiger partial charge in [-0.1, -0.05) is 12.1 Å². The van der Waals surface area contributed by atoms with Crippen LogP contribution in [0, 0.1) is 13.8 Å². The van der Waals surface area contributed by atoms with Gasteiger partial charge in [-0.15, -0.1) is 12.4 Å². The average Bonchev–Trinajstić information content (AvgIpc) is 3.11. The number of nitrogens with zero attached hydrogens (tertiary/aromatic N) is 2. The number of hydrogen-bond acceptors (Lipinski definition) is 4. The van der Waals surface area contributed by atoms with Gasteiger partial charge in [0.05, 0.1) is 10.9 Å². The highest BCUT2D eigenvalue weighted by molar-refractivity contribution is 7.89. The maximum atomic E-state index is 12.9. The van der Waals surface area contributed by atoms with Gasteiger partial charge in [-0.2, -0.15) is 4.31 Å². The fraction of sp³-hybridized carbons (Fsp3) is 0.588. The van der Waals surface area contributed by atoms with E-state index in [1.54, 1.807) is 11.0 Å². The lowest BCUT2D eigenvalue weighted by Gasteiger charge is -2.35. The first-order chi connectivity index (χ1) is 11.4. The second-order valence-electron chi connectivity index (χ2n) is 6.65. The Morgan fingerprint density at radius 3 is 2.44 bits per heavy atom. The van der Waals surface area contributed by atoms with Gasteiger partial charge < -0.3 is 10.2 Å². The van der Waals surface area contributed by atoms with Crippen molar-refractivity contribution >= 4 is 28.3 Å². The number of nitrogens with one attached hydrogen (secondary N) is 1. The highest BCUT2D eigenvalue weighted by Gasteiger charge is 2.33. The number of aryl methyl sites for hydroxylation is 2. The molecule has 1 atom stereocenters. The molecule has 140 valence electrons. The highest BCUT2D eigenvalue weighted by Crippen LogP contribution is 2.23. The van der Waals surface area contributed by atoms with Crippen LogP contribution in [0.5, 0.6) is 0 Å². The first-order valence-corrected chi connectivity index (χ1v) is 9.93. The molecular formula is C17H26ClN3O3S. The summed E-state index contributed by atoms with van der Waals surface area (Å²) < 4.78 is 27.3. The Kier molecular flexibility index (Phi) is 6.48. The number of amides is 1. The van der Waals surface area contributed by atoms with E-state index in [4.69, 9.17) is 0 Å². The van der Waals surface area contributed by atoms with Gasteiger partial charge in [-0.05, 0) is 50.4 Å². The van der Waals surface area contributed by atoms with Gasteiger partial charge in [0, 0.05) is 26.2 Å². The van der Waals surface area contributed by atoms with Gasteiger partial charge in [0.1, 0.15) is 0 Å². The summed E-state index contributed by atoms with van der Waals surface area (Å²) >= 11 is 0. The molecule has 2 aliphatic rings. The standard InChI is InChI=1S/C17H25N3O3S.ClH/c1-13-5-6-14(2)16(12-13)24(22,23)20-10-8-19(9-11-20)17(21)15-4-3-7-18-15;/h5-6,12,15,18H,3-4,7-11H2,1-2H3;1H. The van der Waals surface area contributed by atoms with E-state index in [0.717, 1.165) is 30.5 Å². The van der Waals surface area contributed by atoms with E-state index in [0.29, 0.717) is 31.1 Å². The van der Waals surface area contributed by atoms with Gasteiger partial charge in [-0.25, -0.2) is 8.42 Å². The molecule has 2 fully saturated rings. The Hall–Kier alpha value is -1.15. The summed E-state index contributed by atoms with van der Waals surface area (Å²) in [5.41, 5.74) is 1.69. The van der Waals surface area contributed by atoms with Crippen molar-refractivity contribution in [2.75, 3.05) is 32.7 Å². The predicted octanol–water partition coefficient (Wildman–Crippen LogP) is 1.31. The molecule has 0 aromatic heterocycles. The molecule has 1 N–H and O–H groups in total. The largest absolute Gasteiger partial charge is 0.339 e. The van der Waals surface area contributed by atoms with E-state index in [2.05, 4.69) is 5.32 Å². The van der Waals surface area contributed by atoms with Crippen LogP contribution in [-0.4, -0.2) is 62.3 Å². The fourth-order valence-corrected chi connectivity index (χ4v) is 5.12. The van der Waals surface area contributed by atoms with Crippen molar-refractivity contribution in [2.45, 2.75) is 37.6 Å². The Labute approximate surface area is 156 Å². The first-order valence-electron chi connectivity index (χ1n) is 8.49. The van der Waals surface area contributed by atoms with Gasteiger partial charge >= 0.3 is 0 Å². The number of carbonyl (C=O) groups is 1. The van der Waals surface area contributed by atoms with Crippen LogP contribution < -0.4 is 5.32 Å². The Morgan fingerprint density at radius 1 is 1.16 bits per heavy atom. The number of hydrogen-bond donors (Lipinski definition) is 1. The zero-order chi connectivity index (χ0) is 17.3. The molecule has 3 rings (SSSR count). The molecule has 8 heteroatoms. The van der Waals surface area contributed by atoms with Gasteiger partial charge in [0.2, 0.25) is 15.9 Å². The van der Waals surface area contributed by atoms with Crippen LogP contribution in [0.1, 0.15) is 24.0 Å². The van der Waals surface area contributed by atoms with Gasteiger partial charge in [-0.3, -0.25) is 4.79 Å². The SMILES string of the molecule is Cc1ccc(C)c(S(=O)(=O)N2CCN(C(=O)C3CCCN3)CC2)c1.Cl. The summed E-state index contributed by atoms with van der Waals surface area (Å²) in [6.45, 7) is 6.23. The van der Waals surface area contributed by atoms with Crippen molar-refractivity contribution in [1.82, 2.24) is 14.5 Å². The topological polar surface area (TPSA) is 69.7 Å². The van der Waals surface area contributed by atoms with Crippen molar-refractivity contribution in [2.24, 2.45) is 0 Å². The molecule has 0 aliphatic carbocycles. The summed E-state index contributed by atoms with van der Waals surface area (Å²) in [7, 11) is -3.50. The Bertz CT molecular complexity index is 725. The molecule has 0 radical (unpaired) electrons. The number of piperazine rings is 1. The quantitative estimate of drug-likeness (QED) is 0.849. The Morgan fingerprint density at radius 2 is 1.84 bits per heavy atom. The molecule has 2 saturated heterocycles. The van der Waals surface area contributed by atoms with E-state index >= 15 is 0 Å². The van der Waals surface area contributed by atoms with Crippen LogP contribution in [0.25, 0.3) is 0 Å². The number of sulfonamides is 1. The molecule has 25 heavy (non-hydrogen) atoms. The molecular weight excluding hydrogens is 362 g/mol. The van der Waals surface area contributed by atoms with Crippen molar-refractivity contribution in [3.63, 3.8) is 0 Å². The van der Waals surface area contributed by atoms with Crippen LogP contribution in [0.3, 0.4) is 0 Å². The monoisotopic (exact) mass is 387 g/mol. The van der Waals surface area contributed by atoms with E-state index in [9.17, 15) is 13.2 Å². The minimum atomic E-state index is -3.50. The average molecular weight is 388 g/mol. The second kappa shape index (κ2) is 8.03. The molecule has 1 amide bonds. The van der Waals surface area contributed by atoms with Crippen molar-refractivity contribution < 1.29 is 13.2 Å². The van der Waals surface area contributed by atoms with Gasteiger partial charge in [0.25, 0.3) is 0 Å². The molecule has 6 nitrogen and oxygen atoms in total. The molecule has 1 aromatic rings. The van der Waals surface area contributed by atoms with Crippen LogP contribution in [0.4, 0.5) is 0 Å². The first kappa shape index (κ1) is 20.2. The van der Waals surface area contributed by atoms with E-state index < -0.39 is 10.0 Å². The molecule has 2 heterocycles. The van der Waals surface area contributed by atoms with E-state index in [1.165, 1.54) is 4.31 Å². The zero-order valence-corrected chi connectivity index (χ0v) is 16.3. The zero-order valence-electron chi connectivity index (χ0n) is 14.7. The third kappa shape index (κ3) is 4.16. The number of rotatable bonds is 3. The van der Waals surface area contributed by atoms with Crippen molar-refractivity contribution in [3.05, 3.63) is 29.3 Å². The van der Waals surface area contributed by atoms with E-state index in [-0.39, 0.29) is 24.4 Å². The minimum absolute atomic E-state index is 0. The van der Waals surface area contributed by atoms with Gasteiger partial charge in [0.15, 0.2) is 0 Å². The fourth-order valence-electron chi connectivity index (χ4n) is 3.39. The third-order valence-corrected chi connectivity index (χ3v) is 6.91. The summed E-state index contributed by atoms with van der Waals surface area (Å²) in [4.78, 5) is 14.6. The van der Waals surface area contributed by atoms with E-state index in [1.807, 2.05) is 26.0 Å². The van der Waals surface area contributed by atoms with Crippen molar-refractivity contribution in [3.8, 4) is 0 Å². The summed E-state index contributed by atoms with van der Waals surface area (Å²) in [5, 5.41) is 3.21. The highest BCUT2D eigenvalue weighted by atomic mass is 35.5. The van der Waals surface area contributed by atoms with Crippen LogP contribution in [0.15, 0.2) is 23.1 Å². The smallest absolute Gasteiger partial charge is 0.243 e. The van der Waals surface area contributed by atoms with Crippen LogP contribution in [0.2, 0.25) is 0 Å². The number of halogens is 1. The molecule has 2 aliphatic heterocycles. The normalized spacial score (nSPS) is 21.8.